The Bertz CT molecular complexity index is 426. The number of aliphatic hydroxyl groups excluding tert-OH is 10. The minimum atomic E-state index is -1.79. The molecule has 8 atom stereocenters. The number of hydrogen-bond acceptors (Lipinski definition) is 14. The van der Waals surface area contributed by atoms with Gasteiger partial charge in [0.1, 0.15) is 48.8 Å². The Morgan fingerprint density at radius 3 is 1.03 bits per heavy atom. The van der Waals surface area contributed by atoms with Crippen molar-refractivity contribution in [1.29, 1.82) is 0 Å². The van der Waals surface area contributed by atoms with Gasteiger partial charge in [-0.2, -0.15) is 9.59 Å². The van der Waals surface area contributed by atoms with Gasteiger partial charge in [0.2, 0.25) is 0 Å². The zero-order valence-electron chi connectivity index (χ0n) is 15.2. The molecule has 0 rings (SSSR count). The van der Waals surface area contributed by atoms with Crippen LogP contribution in [0.3, 0.4) is 0 Å². The number of carbonyl (C=O) groups is 2. The van der Waals surface area contributed by atoms with E-state index in [0.717, 1.165) is 0 Å². The van der Waals surface area contributed by atoms with E-state index in [2.05, 4.69) is 6.65 Å². The first-order valence-corrected chi connectivity index (χ1v) is 7.26. The van der Waals surface area contributed by atoms with E-state index in [1.807, 2.05) is 0 Å². The fourth-order valence-corrected chi connectivity index (χ4v) is 1.24. The molecule has 0 saturated heterocycles. The summed E-state index contributed by atoms with van der Waals surface area (Å²) in [6.07, 6.45) is -13.4. The maximum Gasteiger partial charge on any atom is 0 e. The maximum atomic E-state index is 9.90. The van der Waals surface area contributed by atoms with Crippen molar-refractivity contribution in [3.63, 3.8) is 0 Å². The van der Waals surface area contributed by atoms with E-state index in [1.54, 1.807) is 0 Å². The molecule has 0 saturated carbocycles. The third-order valence-corrected chi connectivity index (χ3v) is 2.84. The average molecular weight is 468 g/mol. The van der Waals surface area contributed by atoms with Gasteiger partial charge in [-0.1, -0.05) is 7.43 Å². The van der Waals surface area contributed by atoms with Crippen molar-refractivity contribution in [1.82, 2.24) is 0 Å². The van der Waals surface area contributed by atoms with Crippen LogP contribution >= 0.6 is 0 Å². The Morgan fingerprint density at radius 1 is 0.710 bits per heavy atom. The van der Waals surface area contributed by atoms with Crippen LogP contribution in [0.25, 0.3) is 0 Å². The number of hydrogen-bond donors (Lipinski definition) is 10. The van der Waals surface area contributed by atoms with Crippen LogP contribution in [0.1, 0.15) is 8.85 Å². The van der Waals surface area contributed by atoms with Gasteiger partial charge in [-0.25, -0.2) is 0 Å². The van der Waals surface area contributed by atoms with Crippen molar-refractivity contribution < 1.29 is 81.8 Å². The Balaban J connectivity index is -0.0000000601. The number of rotatable bonds is 10. The second-order valence-electron chi connectivity index (χ2n) is 4.80. The zero-order valence-corrected chi connectivity index (χ0v) is 15.2. The fourth-order valence-electron chi connectivity index (χ4n) is 1.24. The summed E-state index contributed by atoms with van der Waals surface area (Å²) in [4.78, 5) is 36.0. The van der Waals surface area contributed by atoms with Crippen LogP contribution in [-0.4, -0.2) is 137 Å². The van der Waals surface area contributed by atoms with Crippen LogP contribution in [0.2, 0.25) is 0 Å². The quantitative estimate of drug-likeness (QED) is 0.0808. The standard InChI is InChI=1S/2C6H12O6.CO2.CO.CH4.H2O.H2/c2*7-1-3(9)5(11)6(12)4(10)2-8;2-1-3;1-2;;;/h2*1,3-6,8-12H,2H2;;;1H4;1H2;1H. The van der Waals surface area contributed by atoms with Gasteiger partial charge < -0.3 is 66.1 Å². The molecule has 0 bridgehead atoms. The number of aldehydes is 2. The largest absolute Gasteiger partial charge is 0 e. The SMILES string of the molecule is C.O.O=C=O.O=CC(O)C(O)C(O)C(O)CO.O=CC(O)C(O)C(O)C(O)CO.[C-]#[O+].[HH]. The predicted molar refractivity (Wildman–Crippen MR) is 95.7 cm³/mol. The third kappa shape index (κ3) is 21.1. The van der Waals surface area contributed by atoms with E-state index in [4.69, 9.17) is 65.3 Å². The van der Waals surface area contributed by atoms with Gasteiger partial charge in [0.25, 0.3) is 0 Å². The van der Waals surface area contributed by atoms with E-state index < -0.39 is 62.0 Å². The summed E-state index contributed by atoms with van der Waals surface area (Å²) in [6.45, 7) is 2.98. The van der Waals surface area contributed by atoms with E-state index >= 15 is 0 Å². The zero-order chi connectivity index (χ0) is 24.2. The molecule has 0 aliphatic rings. The first-order chi connectivity index (χ1) is 13.5. The molecular formula is C15H32O16. The molecule has 31 heavy (non-hydrogen) atoms. The summed E-state index contributed by atoms with van der Waals surface area (Å²) in [5, 5.41) is 87.1. The number of carbonyl (C=O) groups excluding carboxylic acids is 4. The Morgan fingerprint density at radius 2 is 0.903 bits per heavy atom. The summed E-state index contributed by atoms with van der Waals surface area (Å²) in [6, 6.07) is 0. The molecule has 16 nitrogen and oxygen atoms in total. The van der Waals surface area contributed by atoms with Crippen molar-refractivity contribution in [2.24, 2.45) is 0 Å². The van der Waals surface area contributed by atoms with Crippen LogP contribution in [0.15, 0.2) is 0 Å². The summed E-state index contributed by atoms with van der Waals surface area (Å²) in [5.41, 5.74) is 0. The molecule has 0 spiro atoms. The van der Waals surface area contributed by atoms with Crippen molar-refractivity contribution >= 4 is 18.7 Å². The molecule has 8 unspecified atom stereocenters. The molecule has 0 amide bonds. The Labute approximate surface area is 177 Å². The van der Waals surface area contributed by atoms with Crippen molar-refractivity contribution in [2.75, 3.05) is 13.2 Å². The molecule has 16 heteroatoms. The minimum Gasteiger partial charge on any atom is 0 e. The summed E-state index contributed by atoms with van der Waals surface area (Å²) < 4.78 is 7.50. The Hall–Kier alpha value is -1.98. The van der Waals surface area contributed by atoms with E-state index in [0.29, 0.717) is 0 Å². The van der Waals surface area contributed by atoms with Gasteiger partial charge in [0, 0.05) is 1.43 Å². The summed E-state index contributed by atoms with van der Waals surface area (Å²) in [7, 11) is 0. The van der Waals surface area contributed by atoms with Crippen LogP contribution in [0.5, 0.6) is 0 Å². The molecular weight excluding hydrogens is 436 g/mol. The number of aliphatic hydroxyl groups is 10. The molecule has 0 aliphatic carbocycles. The second-order valence-corrected chi connectivity index (χ2v) is 4.80. The van der Waals surface area contributed by atoms with Crippen LogP contribution in [-0.2, 0) is 23.8 Å². The van der Waals surface area contributed by atoms with Gasteiger partial charge in [-0.15, -0.1) is 0 Å². The van der Waals surface area contributed by atoms with Crippen molar-refractivity contribution in [2.45, 2.75) is 56.3 Å². The van der Waals surface area contributed by atoms with Gasteiger partial charge >= 0.3 is 17.5 Å². The van der Waals surface area contributed by atoms with Gasteiger partial charge in [-0.3, -0.25) is 0 Å². The van der Waals surface area contributed by atoms with Gasteiger partial charge in [0.15, 0.2) is 12.6 Å². The van der Waals surface area contributed by atoms with Crippen LogP contribution < -0.4 is 0 Å². The van der Waals surface area contributed by atoms with E-state index in [-0.39, 0.29) is 33.1 Å². The predicted octanol–water partition coefficient (Wildman–Crippen LogP) is -7.32. The van der Waals surface area contributed by atoms with E-state index in [1.165, 1.54) is 0 Å². The minimum absolute atomic E-state index is 0. The third-order valence-electron chi connectivity index (χ3n) is 2.84. The second kappa shape index (κ2) is 28.0. The molecule has 0 aromatic carbocycles. The first kappa shape index (κ1) is 43.0. The maximum absolute atomic E-state index is 9.90. The molecule has 188 valence electrons. The monoisotopic (exact) mass is 468 g/mol. The van der Waals surface area contributed by atoms with E-state index in [9.17, 15) is 9.59 Å². The van der Waals surface area contributed by atoms with Crippen molar-refractivity contribution in [3.8, 4) is 0 Å². The normalized spacial score (nSPS) is 16.6. The molecule has 0 heterocycles. The molecule has 0 aliphatic heterocycles. The smallest absolute Gasteiger partial charge is 0 e. The topological polar surface area (TPSA) is 322 Å². The van der Waals surface area contributed by atoms with Crippen molar-refractivity contribution in [3.05, 3.63) is 6.65 Å². The summed E-state index contributed by atoms with van der Waals surface area (Å²) >= 11 is 0. The molecule has 0 radical (unpaired) electrons. The molecule has 0 fully saturated rings. The summed E-state index contributed by atoms with van der Waals surface area (Å²) in [5.74, 6) is 0. The molecule has 0 aromatic rings. The van der Waals surface area contributed by atoms with Gasteiger partial charge in [-0.05, 0) is 0 Å². The molecule has 12 N–H and O–H groups in total. The van der Waals surface area contributed by atoms with Crippen LogP contribution in [0.4, 0.5) is 0 Å². The van der Waals surface area contributed by atoms with Gasteiger partial charge in [0.05, 0.1) is 13.2 Å². The average Bonchev–Trinajstić information content (AvgIpc) is 2.76. The fraction of sp³-hybridized carbons (Fsp3) is 0.733. The molecule has 0 aromatic heterocycles. The first-order valence-electron chi connectivity index (χ1n) is 7.26. The van der Waals surface area contributed by atoms with Crippen LogP contribution in [0, 0.1) is 6.65 Å². The Kier molecular flexibility index (Phi) is 38.9.